The van der Waals surface area contributed by atoms with E-state index in [4.69, 9.17) is 18.7 Å². The summed E-state index contributed by atoms with van der Waals surface area (Å²) >= 11 is 0. The Hall–Kier alpha value is -2.46. The zero-order chi connectivity index (χ0) is 30.4. The van der Waals surface area contributed by atoms with Crippen LogP contribution in [0.1, 0.15) is 98.4 Å². The van der Waals surface area contributed by atoms with Crippen molar-refractivity contribution in [3.8, 4) is 5.75 Å². The van der Waals surface area contributed by atoms with Crippen molar-refractivity contribution in [1.82, 2.24) is 0 Å². The molecule has 0 aliphatic rings. The van der Waals surface area contributed by atoms with Crippen molar-refractivity contribution in [2.75, 3.05) is 0 Å². The Morgan fingerprint density at radius 3 is 1.95 bits per heavy atom. The fourth-order valence-corrected chi connectivity index (χ4v) is 5.93. The summed E-state index contributed by atoms with van der Waals surface area (Å²) in [5, 5.41) is 9.20. The molecule has 2 aromatic rings. The smallest absolute Gasteiger partial charge is 0.328 e. The summed E-state index contributed by atoms with van der Waals surface area (Å²) in [6, 6.07) is 14.4. The van der Waals surface area contributed by atoms with Crippen LogP contribution < -0.4 is 4.74 Å². The van der Waals surface area contributed by atoms with Gasteiger partial charge in [0.1, 0.15) is 12.4 Å². The molecule has 0 unspecified atom stereocenters. The number of carbonyl (C=O) groups is 1. The van der Waals surface area contributed by atoms with Gasteiger partial charge in [-0.2, -0.15) is 0 Å². The Kier molecular flexibility index (Phi) is 11.4. The van der Waals surface area contributed by atoms with E-state index in [0.29, 0.717) is 6.61 Å². The van der Waals surface area contributed by atoms with E-state index in [9.17, 15) is 4.79 Å². The monoisotopic (exact) mass is 582 g/mol. The molecule has 5 nitrogen and oxygen atoms in total. The summed E-state index contributed by atoms with van der Waals surface area (Å²) in [6.45, 7) is 24.5. The van der Waals surface area contributed by atoms with E-state index in [1.54, 1.807) is 12.2 Å². The van der Waals surface area contributed by atoms with E-state index in [1.165, 1.54) is 0 Å². The van der Waals surface area contributed by atoms with Crippen molar-refractivity contribution in [1.29, 1.82) is 0 Å². The zero-order valence-corrected chi connectivity index (χ0v) is 29.3. The van der Waals surface area contributed by atoms with Gasteiger partial charge < -0.3 is 18.7 Å². The van der Waals surface area contributed by atoms with Gasteiger partial charge >= 0.3 is 5.97 Å². The van der Waals surface area contributed by atoms with Gasteiger partial charge in [0, 0.05) is 6.08 Å². The minimum absolute atomic E-state index is 0.178. The average Bonchev–Trinajstić information content (AvgIpc) is 2.84. The van der Waals surface area contributed by atoms with E-state index in [-0.39, 0.29) is 10.1 Å². The van der Waals surface area contributed by atoms with Gasteiger partial charge in [-0.15, -0.1) is 0 Å². The van der Waals surface area contributed by atoms with Crippen LogP contribution in [-0.2, 0) is 31.5 Å². The number of hydrogen-bond acceptors (Lipinski definition) is 4. The van der Waals surface area contributed by atoms with Crippen LogP contribution >= 0.6 is 0 Å². The maximum atomic E-state index is 10.8. The van der Waals surface area contributed by atoms with E-state index < -0.39 is 36.7 Å². The minimum Gasteiger partial charge on any atom is -0.489 e. The summed E-state index contributed by atoms with van der Waals surface area (Å²) in [4.78, 5) is 10.8. The highest BCUT2D eigenvalue weighted by atomic mass is 28.2. The first kappa shape index (κ1) is 33.7. The third-order valence-corrected chi connectivity index (χ3v) is 9.86. The lowest BCUT2D eigenvalue weighted by Crippen LogP contribution is -2.34. The predicted octanol–water partition coefficient (Wildman–Crippen LogP) is 7.42. The van der Waals surface area contributed by atoms with Gasteiger partial charge in [0.05, 0.1) is 11.2 Å². The molecule has 0 aliphatic carbocycles. The molecule has 0 atom stereocenters. The molecule has 0 bridgehead atoms. The lowest BCUT2D eigenvalue weighted by atomic mass is 9.85. The number of carboxylic acid groups (broad SMARTS) is 1. The highest BCUT2D eigenvalue weighted by Gasteiger charge is 2.34. The van der Waals surface area contributed by atoms with Gasteiger partial charge in [0.15, 0.2) is 19.5 Å². The molecule has 0 heterocycles. The van der Waals surface area contributed by atoms with Gasteiger partial charge in [-0.3, -0.25) is 0 Å². The Labute approximate surface area is 246 Å². The molecule has 0 fully saturated rings. The van der Waals surface area contributed by atoms with Gasteiger partial charge in [-0.1, -0.05) is 78.0 Å². The molecule has 220 valence electrons. The summed E-state index contributed by atoms with van der Waals surface area (Å²) in [5.74, 6) is -0.170. The third kappa shape index (κ3) is 11.2. The van der Waals surface area contributed by atoms with Crippen molar-refractivity contribution in [3.63, 3.8) is 0 Å². The first-order valence-electron chi connectivity index (χ1n) is 14.0. The second kappa shape index (κ2) is 13.5. The average molecular weight is 583 g/mol. The van der Waals surface area contributed by atoms with E-state index in [2.05, 4.69) is 87.4 Å². The van der Waals surface area contributed by atoms with Crippen molar-refractivity contribution in [2.24, 2.45) is 0 Å². The number of rotatable bonds is 12. The summed E-state index contributed by atoms with van der Waals surface area (Å²) in [7, 11) is -1.56. The quantitative estimate of drug-likeness (QED) is 0.160. The highest BCUT2D eigenvalue weighted by Crippen LogP contribution is 2.40. The van der Waals surface area contributed by atoms with Crippen LogP contribution in [0.3, 0.4) is 0 Å². The maximum absolute atomic E-state index is 10.8. The SMILES string of the molecule is CC(=CC=CC(=O)O)c1cccc(COc2ccc(C(C)(C)O[SiH2]C(C)(C)C)c(C(C)(C)O[SiH2]C(C)(C)C)c2)c1. The molecule has 7 heteroatoms. The van der Waals surface area contributed by atoms with Gasteiger partial charge in [0.25, 0.3) is 0 Å². The van der Waals surface area contributed by atoms with Crippen LogP contribution in [-0.4, -0.2) is 30.6 Å². The Morgan fingerprint density at radius 1 is 0.825 bits per heavy atom. The minimum atomic E-state index is -0.961. The lowest BCUT2D eigenvalue weighted by Gasteiger charge is -2.37. The first-order valence-corrected chi connectivity index (χ1v) is 16.6. The second-order valence-corrected chi connectivity index (χ2v) is 19.4. The standard InChI is InChI=1S/C33H50O5Si2/c1-23(14-12-17-29(34)35)25-16-13-15-24(20-25)22-36-26-18-19-27(32(8,9)37-39-30(2,3)4)28(21-26)33(10,11)38-40-31(5,6)7/h12-21H,22,39-40H2,1-11H3,(H,34,35). The molecule has 0 saturated carbocycles. The van der Waals surface area contributed by atoms with Crippen molar-refractivity contribution >= 4 is 31.1 Å². The van der Waals surface area contributed by atoms with Crippen LogP contribution in [0.15, 0.2) is 60.7 Å². The van der Waals surface area contributed by atoms with Crippen molar-refractivity contribution in [3.05, 3.63) is 82.9 Å². The van der Waals surface area contributed by atoms with Crippen LogP contribution in [0.2, 0.25) is 10.1 Å². The Balaban J connectivity index is 2.37. The number of hydrogen-bond donors (Lipinski definition) is 1. The van der Waals surface area contributed by atoms with Crippen LogP contribution in [0.25, 0.3) is 5.57 Å². The molecule has 0 aliphatic heterocycles. The van der Waals surface area contributed by atoms with Gasteiger partial charge in [0.2, 0.25) is 0 Å². The van der Waals surface area contributed by atoms with Crippen LogP contribution in [0.4, 0.5) is 0 Å². The van der Waals surface area contributed by atoms with E-state index in [1.807, 2.05) is 31.2 Å². The number of ether oxygens (including phenoxy) is 1. The molecule has 0 aromatic heterocycles. The molecule has 0 spiro atoms. The van der Waals surface area contributed by atoms with E-state index >= 15 is 0 Å². The van der Waals surface area contributed by atoms with Gasteiger partial charge in [-0.05, 0) is 90.7 Å². The molecular formula is C33H50O5Si2. The Bertz CT molecular complexity index is 1210. The topological polar surface area (TPSA) is 65.0 Å². The molecule has 0 amide bonds. The highest BCUT2D eigenvalue weighted by molar-refractivity contribution is 6.32. The number of carboxylic acids is 1. The number of allylic oxidation sites excluding steroid dienone is 3. The van der Waals surface area contributed by atoms with Crippen LogP contribution in [0.5, 0.6) is 5.75 Å². The lowest BCUT2D eigenvalue weighted by molar-refractivity contribution is -0.131. The normalized spacial score (nSPS) is 14.2. The van der Waals surface area contributed by atoms with E-state index in [0.717, 1.165) is 39.7 Å². The molecule has 40 heavy (non-hydrogen) atoms. The largest absolute Gasteiger partial charge is 0.489 e. The van der Waals surface area contributed by atoms with Crippen LogP contribution in [0, 0.1) is 0 Å². The van der Waals surface area contributed by atoms with Gasteiger partial charge in [-0.25, -0.2) is 4.79 Å². The van der Waals surface area contributed by atoms with Crippen molar-refractivity contribution < 1.29 is 23.5 Å². The van der Waals surface area contributed by atoms with Crippen molar-refractivity contribution in [2.45, 2.75) is 104 Å². The maximum Gasteiger partial charge on any atom is 0.328 e. The molecule has 1 N–H and O–H groups in total. The third-order valence-electron chi connectivity index (χ3n) is 6.39. The molecule has 2 aromatic carbocycles. The molecule has 0 saturated heterocycles. The second-order valence-electron chi connectivity index (χ2n) is 14.0. The summed E-state index contributed by atoms with van der Waals surface area (Å²) in [5.41, 5.74) is 4.36. The molecule has 0 radical (unpaired) electrons. The fourth-order valence-electron chi connectivity index (χ4n) is 4.03. The summed E-state index contributed by atoms with van der Waals surface area (Å²) in [6.07, 6.45) is 4.48. The molecular weight excluding hydrogens is 533 g/mol. The first-order chi connectivity index (χ1) is 18.3. The number of aliphatic carboxylic acids is 1. The number of benzene rings is 2. The summed E-state index contributed by atoms with van der Waals surface area (Å²) < 4.78 is 19.6. The predicted molar refractivity (Wildman–Crippen MR) is 172 cm³/mol. The Morgan fingerprint density at radius 2 is 1.40 bits per heavy atom. The molecule has 2 rings (SSSR count). The fraction of sp³-hybridized carbons (Fsp3) is 0.485. The zero-order valence-electron chi connectivity index (χ0n) is 26.5.